The Balaban J connectivity index is 1.63. The van der Waals surface area contributed by atoms with Gasteiger partial charge in [-0.2, -0.15) is 0 Å². The van der Waals surface area contributed by atoms with Gasteiger partial charge >= 0.3 is 5.97 Å². The van der Waals surface area contributed by atoms with E-state index in [1.165, 1.54) is 4.90 Å². The van der Waals surface area contributed by atoms with Crippen molar-refractivity contribution in [3.8, 4) is 5.75 Å². The molecular formula is C28H24N2O6. The van der Waals surface area contributed by atoms with Gasteiger partial charge in [-0.15, -0.1) is 0 Å². The minimum atomic E-state index is -0.964. The standard InChI is InChI=1S/C28H24N2O6/c1-29-13-14-36-22-12-9-19(16-21(22)29)26(33)24-25(18-5-3-2-4-6-18)30(28(35)27(24)34)20-10-7-17(8-11-20)15-23(31)32/h2-12,16,25,33H,13-15H2,1H3,(H,31,32)/b26-24-. The number of carbonyl (C=O) groups is 3. The lowest BCUT2D eigenvalue weighted by molar-refractivity contribution is -0.136. The summed E-state index contributed by atoms with van der Waals surface area (Å²) in [7, 11) is 1.92. The van der Waals surface area contributed by atoms with Crippen LogP contribution in [0.4, 0.5) is 11.4 Å². The summed E-state index contributed by atoms with van der Waals surface area (Å²) in [5.41, 5.74) is 2.83. The number of benzene rings is 3. The summed E-state index contributed by atoms with van der Waals surface area (Å²) >= 11 is 0. The molecule has 2 N–H and O–H groups in total. The average Bonchev–Trinajstić information content (AvgIpc) is 3.14. The van der Waals surface area contributed by atoms with Crippen LogP contribution in [0.3, 0.4) is 0 Å². The van der Waals surface area contributed by atoms with Crippen LogP contribution >= 0.6 is 0 Å². The normalized spacial score (nSPS) is 18.6. The van der Waals surface area contributed by atoms with Crippen LogP contribution in [0.2, 0.25) is 0 Å². The van der Waals surface area contributed by atoms with Gasteiger partial charge in [0.2, 0.25) is 0 Å². The average molecular weight is 485 g/mol. The molecule has 0 aliphatic carbocycles. The number of hydrogen-bond donors (Lipinski definition) is 2. The van der Waals surface area contributed by atoms with Crippen molar-refractivity contribution in [3.63, 3.8) is 0 Å². The van der Waals surface area contributed by atoms with Gasteiger partial charge < -0.3 is 19.8 Å². The third-order valence-electron chi connectivity index (χ3n) is 6.46. The third-order valence-corrected chi connectivity index (χ3v) is 6.46. The molecule has 8 heteroatoms. The Bertz CT molecular complexity index is 1380. The molecule has 0 radical (unpaired) electrons. The molecule has 2 aliphatic heterocycles. The van der Waals surface area contributed by atoms with Gasteiger partial charge in [-0.25, -0.2) is 0 Å². The van der Waals surface area contributed by atoms with Crippen LogP contribution in [0.15, 0.2) is 78.4 Å². The third kappa shape index (κ3) is 4.07. The van der Waals surface area contributed by atoms with Gasteiger partial charge in [0.05, 0.1) is 30.3 Å². The number of aliphatic hydroxyl groups excluding tert-OH is 1. The number of carboxylic acid groups (broad SMARTS) is 1. The van der Waals surface area contributed by atoms with Crippen molar-refractivity contribution in [2.24, 2.45) is 0 Å². The molecule has 3 aromatic rings. The molecule has 1 fully saturated rings. The molecule has 2 aliphatic rings. The Hall–Kier alpha value is -4.59. The summed E-state index contributed by atoms with van der Waals surface area (Å²) in [4.78, 5) is 41.0. The molecule has 1 atom stereocenters. The monoisotopic (exact) mass is 484 g/mol. The van der Waals surface area contributed by atoms with Crippen LogP contribution in [0.25, 0.3) is 5.76 Å². The van der Waals surface area contributed by atoms with Crippen LogP contribution in [-0.4, -0.2) is 48.1 Å². The van der Waals surface area contributed by atoms with E-state index in [1.54, 1.807) is 66.7 Å². The van der Waals surface area contributed by atoms with Crippen molar-refractivity contribution < 1.29 is 29.3 Å². The van der Waals surface area contributed by atoms with Gasteiger partial charge in [0.15, 0.2) is 0 Å². The first-order valence-corrected chi connectivity index (χ1v) is 11.5. The Morgan fingerprint density at radius 2 is 1.72 bits per heavy atom. The van der Waals surface area contributed by atoms with Gasteiger partial charge in [-0.05, 0) is 41.5 Å². The van der Waals surface area contributed by atoms with Gasteiger partial charge in [0.25, 0.3) is 11.7 Å². The number of anilines is 2. The maximum absolute atomic E-state index is 13.3. The maximum atomic E-state index is 13.3. The van der Waals surface area contributed by atoms with Crippen molar-refractivity contribution >= 4 is 34.8 Å². The van der Waals surface area contributed by atoms with Crippen LogP contribution in [-0.2, 0) is 20.8 Å². The van der Waals surface area contributed by atoms with E-state index in [0.717, 1.165) is 5.69 Å². The van der Waals surface area contributed by atoms with E-state index in [2.05, 4.69) is 0 Å². The maximum Gasteiger partial charge on any atom is 0.307 e. The van der Waals surface area contributed by atoms with Crippen molar-refractivity contribution in [3.05, 3.63) is 95.1 Å². The summed E-state index contributed by atoms with van der Waals surface area (Å²) in [6.07, 6.45) is -0.155. The van der Waals surface area contributed by atoms with E-state index in [9.17, 15) is 19.5 Å². The second-order valence-electron chi connectivity index (χ2n) is 8.77. The minimum Gasteiger partial charge on any atom is -0.507 e. The fourth-order valence-electron chi connectivity index (χ4n) is 4.65. The zero-order valence-electron chi connectivity index (χ0n) is 19.5. The number of hydrogen-bond acceptors (Lipinski definition) is 6. The predicted octanol–water partition coefficient (Wildman–Crippen LogP) is 3.77. The molecule has 0 bridgehead atoms. The first-order valence-electron chi connectivity index (χ1n) is 11.5. The summed E-state index contributed by atoms with van der Waals surface area (Å²) in [5.74, 6) is -2.11. The van der Waals surface area contributed by atoms with Gasteiger partial charge in [0, 0.05) is 18.3 Å². The zero-order chi connectivity index (χ0) is 25.4. The highest BCUT2D eigenvalue weighted by Gasteiger charge is 2.47. The SMILES string of the molecule is CN1CCOc2ccc(/C(O)=C3/C(=O)C(=O)N(c4ccc(CC(=O)O)cc4)C3c3ccccc3)cc21. The van der Waals surface area contributed by atoms with Crippen molar-refractivity contribution in [1.29, 1.82) is 0 Å². The molecule has 3 aromatic carbocycles. The summed E-state index contributed by atoms with van der Waals surface area (Å²) in [5, 5.41) is 20.4. The van der Waals surface area contributed by atoms with Crippen molar-refractivity contribution in [2.75, 3.05) is 30.0 Å². The number of rotatable bonds is 5. The molecule has 2 heterocycles. The largest absolute Gasteiger partial charge is 0.507 e. The molecule has 1 saturated heterocycles. The second-order valence-corrected chi connectivity index (χ2v) is 8.77. The van der Waals surface area contributed by atoms with E-state index in [4.69, 9.17) is 9.84 Å². The second kappa shape index (κ2) is 9.22. The lowest BCUT2D eigenvalue weighted by Gasteiger charge is -2.28. The van der Waals surface area contributed by atoms with Crippen molar-refractivity contribution in [1.82, 2.24) is 0 Å². The lowest BCUT2D eigenvalue weighted by atomic mass is 9.94. The molecule has 1 amide bonds. The topological polar surface area (TPSA) is 107 Å². The Morgan fingerprint density at radius 3 is 2.42 bits per heavy atom. The van der Waals surface area contributed by atoms with Gasteiger partial charge in [-0.3, -0.25) is 19.3 Å². The Kier molecular flexibility index (Phi) is 5.93. The molecule has 0 saturated carbocycles. The molecule has 0 aromatic heterocycles. The number of ketones is 1. The molecule has 5 rings (SSSR count). The molecule has 36 heavy (non-hydrogen) atoms. The number of Topliss-reactive ketones (excluding diaryl/α,β-unsaturated/α-hetero) is 1. The van der Waals surface area contributed by atoms with E-state index in [0.29, 0.717) is 41.3 Å². The fraction of sp³-hybridized carbons (Fsp3) is 0.179. The summed E-state index contributed by atoms with van der Waals surface area (Å²) < 4.78 is 5.69. The quantitative estimate of drug-likeness (QED) is 0.323. The van der Waals surface area contributed by atoms with Crippen LogP contribution in [0.5, 0.6) is 5.75 Å². The summed E-state index contributed by atoms with van der Waals surface area (Å²) in [6.45, 7) is 1.24. The number of carboxylic acids is 1. The summed E-state index contributed by atoms with van der Waals surface area (Å²) in [6, 6.07) is 19.8. The fourth-order valence-corrected chi connectivity index (χ4v) is 4.65. The smallest absolute Gasteiger partial charge is 0.307 e. The van der Waals surface area contributed by atoms with E-state index >= 15 is 0 Å². The van der Waals surface area contributed by atoms with Crippen LogP contribution in [0.1, 0.15) is 22.7 Å². The van der Waals surface area contributed by atoms with Gasteiger partial charge in [0.1, 0.15) is 18.1 Å². The number of likely N-dealkylation sites (N-methyl/N-ethyl adjacent to an activating group) is 1. The first-order chi connectivity index (χ1) is 17.3. The molecule has 8 nitrogen and oxygen atoms in total. The Labute approximate surface area is 207 Å². The van der Waals surface area contributed by atoms with Crippen LogP contribution < -0.4 is 14.5 Å². The minimum absolute atomic E-state index is 0.0138. The van der Waals surface area contributed by atoms with E-state index in [-0.39, 0.29) is 17.8 Å². The highest BCUT2D eigenvalue weighted by molar-refractivity contribution is 6.51. The number of aliphatic hydroxyl groups is 1. The van der Waals surface area contributed by atoms with E-state index < -0.39 is 23.7 Å². The van der Waals surface area contributed by atoms with Crippen LogP contribution in [0, 0.1) is 0 Å². The highest BCUT2D eigenvalue weighted by Crippen LogP contribution is 2.43. The number of aliphatic carboxylic acids is 1. The van der Waals surface area contributed by atoms with Gasteiger partial charge in [-0.1, -0.05) is 42.5 Å². The molecular weight excluding hydrogens is 460 g/mol. The lowest BCUT2D eigenvalue weighted by Crippen LogP contribution is -2.29. The predicted molar refractivity (Wildman–Crippen MR) is 134 cm³/mol. The number of fused-ring (bicyclic) bond motifs is 1. The van der Waals surface area contributed by atoms with Crippen molar-refractivity contribution in [2.45, 2.75) is 12.5 Å². The highest BCUT2D eigenvalue weighted by atomic mass is 16.5. The number of amides is 1. The number of nitrogens with zero attached hydrogens (tertiary/aromatic N) is 2. The number of carbonyl (C=O) groups excluding carboxylic acids is 2. The zero-order valence-corrected chi connectivity index (χ0v) is 19.5. The molecule has 0 spiro atoms. The Morgan fingerprint density at radius 1 is 1.00 bits per heavy atom. The first kappa shape index (κ1) is 23.2. The van der Waals surface area contributed by atoms with E-state index in [1.807, 2.05) is 18.0 Å². The molecule has 182 valence electrons. The number of ether oxygens (including phenoxy) is 1. The molecule has 1 unspecified atom stereocenters.